The zero-order valence-corrected chi connectivity index (χ0v) is 21.3. The highest BCUT2D eigenvalue weighted by molar-refractivity contribution is 5.98. The maximum atomic E-state index is 12.8. The number of aromatic nitrogens is 3. The zero-order chi connectivity index (χ0) is 26.9. The van der Waals surface area contributed by atoms with Crippen LogP contribution < -0.4 is 10.1 Å². The van der Waals surface area contributed by atoms with Crippen molar-refractivity contribution in [2.75, 3.05) is 19.0 Å². The van der Waals surface area contributed by atoms with Gasteiger partial charge in [-0.3, -0.25) is 4.79 Å². The van der Waals surface area contributed by atoms with Gasteiger partial charge < -0.3 is 10.1 Å². The second kappa shape index (κ2) is 10.5. The van der Waals surface area contributed by atoms with Crippen LogP contribution in [0.4, 0.5) is 18.9 Å². The van der Waals surface area contributed by atoms with Crippen molar-refractivity contribution in [2.24, 2.45) is 5.92 Å². The molecule has 1 saturated carbocycles. The van der Waals surface area contributed by atoms with Gasteiger partial charge in [-0.05, 0) is 61.1 Å². The maximum Gasteiger partial charge on any atom is 0.390 e. The minimum atomic E-state index is -4.27. The van der Waals surface area contributed by atoms with E-state index in [1.54, 1.807) is 23.9 Å². The van der Waals surface area contributed by atoms with Gasteiger partial charge in [0, 0.05) is 30.5 Å². The number of rotatable bonds is 10. The van der Waals surface area contributed by atoms with E-state index in [4.69, 9.17) is 9.84 Å². The molecule has 0 amide bonds. The number of halogens is 3. The molecular formula is C29H29F3N4O2. The Kier molecular flexibility index (Phi) is 7.10. The summed E-state index contributed by atoms with van der Waals surface area (Å²) in [5, 5.41) is 7.70. The molecule has 2 heterocycles. The number of ketones is 1. The smallest absolute Gasteiger partial charge is 0.390 e. The van der Waals surface area contributed by atoms with Crippen molar-refractivity contribution >= 4 is 17.1 Å². The van der Waals surface area contributed by atoms with Crippen LogP contribution in [0.2, 0.25) is 0 Å². The Morgan fingerprint density at radius 1 is 1.16 bits per heavy atom. The Hall–Kier alpha value is -3.88. The van der Waals surface area contributed by atoms with Crippen molar-refractivity contribution in [3.8, 4) is 17.0 Å². The number of methoxy groups -OCH3 is 1. The van der Waals surface area contributed by atoms with Crippen LogP contribution >= 0.6 is 0 Å². The van der Waals surface area contributed by atoms with E-state index in [0.29, 0.717) is 47.2 Å². The molecule has 0 spiro atoms. The number of Topliss-reactive ketones (excluding diaryl/α,β-unsaturated/α-hetero) is 1. The van der Waals surface area contributed by atoms with Gasteiger partial charge in [-0.2, -0.15) is 18.3 Å². The molecule has 0 radical (unpaired) electrons. The van der Waals surface area contributed by atoms with Crippen molar-refractivity contribution < 1.29 is 22.7 Å². The summed E-state index contributed by atoms with van der Waals surface area (Å²) in [5.74, 6) is 1.38. The number of nitrogens with one attached hydrogen (secondary N) is 1. The molecule has 1 aliphatic carbocycles. The lowest BCUT2D eigenvalue weighted by molar-refractivity contribution is -0.131. The van der Waals surface area contributed by atoms with E-state index in [2.05, 4.69) is 10.3 Å². The van der Waals surface area contributed by atoms with E-state index in [9.17, 15) is 18.0 Å². The molecule has 38 heavy (non-hydrogen) atoms. The summed E-state index contributed by atoms with van der Waals surface area (Å²) in [5.41, 5.74) is 5.63. The summed E-state index contributed by atoms with van der Waals surface area (Å²) in [6, 6.07) is 15.0. The third kappa shape index (κ3) is 5.98. The molecule has 0 unspecified atom stereocenters. The maximum absolute atomic E-state index is 12.8. The van der Waals surface area contributed by atoms with E-state index in [0.717, 1.165) is 35.1 Å². The normalized spacial score (nSPS) is 13.6. The molecule has 1 N–H and O–H groups in total. The lowest BCUT2D eigenvalue weighted by Gasteiger charge is -2.13. The topological polar surface area (TPSA) is 68.5 Å². The molecule has 2 aromatic heterocycles. The van der Waals surface area contributed by atoms with Crippen molar-refractivity contribution in [3.63, 3.8) is 0 Å². The minimum absolute atomic E-state index is 0.157. The van der Waals surface area contributed by atoms with Crippen molar-refractivity contribution in [3.05, 3.63) is 77.1 Å². The van der Waals surface area contributed by atoms with Crippen LogP contribution in [-0.4, -0.2) is 40.2 Å². The number of carbonyl (C=O) groups is 1. The molecule has 6 nitrogen and oxygen atoms in total. The number of aryl methyl sites for hydroxylation is 1. The van der Waals surface area contributed by atoms with Gasteiger partial charge in [-0.15, -0.1) is 0 Å². The average molecular weight is 523 g/mol. The van der Waals surface area contributed by atoms with E-state index in [1.807, 2.05) is 49.4 Å². The molecule has 0 atom stereocenters. The number of hydrogen-bond acceptors (Lipinski definition) is 5. The van der Waals surface area contributed by atoms with E-state index in [1.165, 1.54) is 0 Å². The number of alkyl halides is 3. The predicted molar refractivity (Wildman–Crippen MR) is 140 cm³/mol. The molecule has 1 fully saturated rings. The molecule has 198 valence electrons. The van der Waals surface area contributed by atoms with E-state index in [-0.39, 0.29) is 12.3 Å². The fourth-order valence-corrected chi connectivity index (χ4v) is 4.59. The van der Waals surface area contributed by atoms with Crippen LogP contribution in [0.1, 0.15) is 52.9 Å². The Bertz CT molecular complexity index is 1470. The second-order valence-electron chi connectivity index (χ2n) is 9.85. The average Bonchev–Trinajstić information content (AvgIpc) is 3.58. The van der Waals surface area contributed by atoms with Gasteiger partial charge in [0.25, 0.3) is 0 Å². The largest absolute Gasteiger partial charge is 0.497 e. The van der Waals surface area contributed by atoms with Crippen LogP contribution in [-0.2, 0) is 6.42 Å². The summed E-state index contributed by atoms with van der Waals surface area (Å²) in [6.45, 7) is 1.64. The highest BCUT2D eigenvalue weighted by Crippen LogP contribution is 2.34. The van der Waals surface area contributed by atoms with Gasteiger partial charge in [0.15, 0.2) is 11.4 Å². The van der Waals surface area contributed by atoms with Crippen LogP contribution in [0.15, 0.2) is 54.7 Å². The van der Waals surface area contributed by atoms with Crippen LogP contribution in [0.3, 0.4) is 0 Å². The Balaban J connectivity index is 1.51. The number of hydrogen-bond donors (Lipinski definition) is 1. The molecule has 0 bridgehead atoms. The lowest BCUT2D eigenvalue weighted by Crippen LogP contribution is -2.15. The Morgan fingerprint density at radius 2 is 1.97 bits per heavy atom. The van der Waals surface area contributed by atoms with Crippen LogP contribution in [0.5, 0.6) is 5.75 Å². The summed E-state index contributed by atoms with van der Waals surface area (Å²) in [4.78, 5) is 17.2. The fraction of sp³-hybridized carbons (Fsp3) is 0.345. The molecule has 9 heteroatoms. The molecule has 5 rings (SSSR count). The number of benzene rings is 2. The number of fused-ring (bicyclic) bond motifs is 1. The first-order valence-corrected chi connectivity index (χ1v) is 12.7. The first kappa shape index (κ1) is 25.8. The molecular weight excluding hydrogens is 493 g/mol. The summed E-state index contributed by atoms with van der Waals surface area (Å²) in [7, 11) is 1.59. The van der Waals surface area contributed by atoms with Crippen molar-refractivity contribution in [1.82, 2.24) is 14.6 Å². The van der Waals surface area contributed by atoms with E-state index < -0.39 is 12.6 Å². The van der Waals surface area contributed by atoms with E-state index >= 15 is 0 Å². The lowest BCUT2D eigenvalue weighted by atomic mass is 9.98. The van der Waals surface area contributed by atoms with Crippen LogP contribution in [0, 0.1) is 12.8 Å². The number of imidazole rings is 1. The van der Waals surface area contributed by atoms with Gasteiger partial charge in [-0.25, -0.2) is 9.50 Å². The number of carbonyl (C=O) groups excluding carboxylic acids is 1. The molecule has 2 aromatic carbocycles. The number of nitrogens with zero attached hydrogens (tertiary/aromatic N) is 3. The summed E-state index contributed by atoms with van der Waals surface area (Å²) in [6.07, 6.45) is -0.300. The van der Waals surface area contributed by atoms with Crippen LogP contribution in [0.25, 0.3) is 16.9 Å². The predicted octanol–water partition coefficient (Wildman–Crippen LogP) is 6.65. The first-order valence-electron chi connectivity index (χ1n) is 12.7. The highest BCUT2D eigenvalue weighted by atomic mass is 19.4. The Labute approximate surface area is 218 Å². The third-order valence-electron chi connectivity index (χ3n) is 6.76. The number of ether oxygens (including phenoxy) is 1. The third-order valence-corrected chi connectivity index (χ3v) is 6.76. The van der Waals surface area contributed by atoms with Gasteiger partial charge in [0.1, 0.15) is 5.75 Å². The number of anilines is 1. The van der Waals surface area contributed by atoms with Crippen molar-refractivity contribution in [1.29, 1.82) is 0 Å². The van der Waals surface area contributed by atoms with Gasteiger partial charge in [0.05, 0.1) is 36.8 Å². The van der Waals surface area contributed by atoms with Crippen molar-refractivity contribution in [2.45, 2.75) is 45.2 Å². The standard InChI is InChI=1S/C29H29F3N4O2/c1-18-12-21(8-9-24(18)27(37)15-19-6-7-19)26-17-34-28-25(33-11-10-29(30,31)32)16-22(35-36(26)28)13-20-4-3-5-23(14-20)38-2/h3-5,8-9,12,14,16-17,19,33H,6-7,10-11,13,15H2,1-2H3. The SMILES string of the molecule is COc1cccc(Cc2cc(NCCC(F)(F)F)c3ncc(-c4ccc(C(=O)CC5CC5)c(C)c4)n3n2)c1. The zero-order valence-electron chi connectivity index (χ0n) is 21.3. The molecule has 0 aliphatic heterocycles. The highest BCUT2D eigenvalue weighted by Gasteiger charge is 2.27. The Morgan fingerprint density at radius 3 is 2.68 bits per heavy atom. The monoisotopic (exact) mass is 522 g/mol. The minimum Gasteiger partial charge on any atom is -0.497 e. The van der Waals surface area contributed by atoms with Gasteiger partial charge in [-0.1, -0.05) is 24.3 Å². The molecule has 1 aliphatic rings. The van der Waals surface area contributed by atoms with Gasteiger partial charge >= 0.3 is 6.18 Å². The summed E-state index contributed by atoms with van der Waals surface area (Å²) >= 11 is 0. The van der Waals surface area contributed by atoms with Gasteiger partial charge in [0.2, 0.25) is 0 Å². The molecule has 0 saturated heterocycles. The summed E-state index contributed by atoms with van der Waals surface area (Å²) < 4.78 is 45.5. The first-order chi connectivity index (χ1) is 18.2. The fourth-order valence-electron chi connectivity index (χ4n) is 4.59. The quantitative estimate of drug-likeness (QED) is 0.236. The molecule has 4 aromatic rings. The second-order valence-corrected chi connectivity index (χ2v) is 9.85.